The molecule has 0 N–H and O–H groups in total. The fraction of sp³-hybridized carbons (Fsp3) is 0. The van der Waals surface area contributed by atoms with Gasteiger partial charge < -0.3 is 4.98 Å². The molecule has 0 saturated carbocycles. The molecule has 47 heavy (non-hydrogen) atoms. The Morgan fingerprint density at radius 1 is 0.426 bits per heavy atom. The fourth-order valence-corrected chi connectivity index (χ4v) is 5.82. The molecule has 0 atom stereocenters. The van der Waals surface area contributed by atoms with Crippen LogP contribution in [0, 0.1) is 6.07 Å². The van der Waals surface area contributed by atoms with Crippen LogP contribution in [0.4, 0.5) is 0 Å². The first kappa shape index (κ1) is 30.1. The van der Waals surface area contributed by atoms with Gasteiger partial charge in [-0.15, -0.1) is 29.8 Å². The van der Waals surface area contributed by atoms with Crippen LogP contribution < -0.4 is 0 Å². The minimum Gasteiger partial charge on any atom is -0.304 e. The predicted octanol–water partition coefficient (Wildman–Crippen LogP) is 10.2. The van der Waals surface area contributed by atoms with Gasteiger partial charge in [0.05, 0.1) is 0 Å². The third-order valence-electron chi connectivity index (χ3n) is 8.13. The second-order valence-corrected chi connectivity index (χ2v) is 11.0. The Labute approximate surface area is 287 Å². The maximum Gasteiger partial charge on any atom is 0.164 e. The van der Waals surface area contributed by atoms with E-state index in [0.29, 0.717) is 17.5 Å². The SMILES string of the molecule is [Ir].[c-]1ccc(-c2nc(-c3ccc(-c4ccccc4)cc3)nc(-c3ccccc3-c3ccccc3)n2)cc1-c1nccc2ccccc12. The molecule has 0 aliphatic carbocycles. The minimum absolute atomic E-state index is 0. The fourth-order valence-electron chi connectivity index (χ4n) is 5.82. The Balaban J connectivity index is 0.00000351. The Morgan fingerprint density at radius 3 is 1.77 bits per heavy atom. The second kappa shape index (κ2) is 13.4. The monoisotopic (exact) mass is 780 g/mol. The van der Waals surface area contributed by atoms with Gasteiger partial charge >= 0.3 is 0 Å². The molecule has 0 fully saturated rings. The molecule has 0 saturated heterocycles. The zero-order valence-corrected chi connectivity index (χ0v) is 27.6. The molecular formula is C42H27IrN4-. The van der Waals surface area contributed by atoms with Gasteiger partial charge in [-0.25, -0.2) is 15.0 Å². The summed E-state index contributed by atoms with van der Waals surface area (Å²) in [6.07, 6.45) is 1.84. The number of fused-ring (bicyclic) bond motifs is 1. The predicted molar refractivity (Wildman–Crippen MR) is 187 cm³/mol. The van der Waals surface area contributed by atoms with Gasteiger partial charge in [-0.05, 0) is 44.8 Å². The molecule has 2 heterocycles. The summed E-state index contributed by atoms with van der Waals surface area (Å²) in [5.74, 6) is 1.81. The van der Waals surface area contributed by atoms with Crippen LogP contribution in [0.1, 0.15) is 0 Å². The molecule has 0 unspecified atom stereocenters. The van der Waals surface area contributed by atoms with E-state index in [2.05, 4.69) is 97.1 Å². The van der Waals surface area contributed by atoms with E-state index in [1.54, 1.807) is 0 Å². The number of aromatic nitrogens is 4. The standard InChI is InChI=1S/C42H27N4.Ir/c1-3-12-29(13-4-1)30-22-24-33(25-23-30)40-44-41(46-42(45-40)38-21-10-9-19-36(38)31-14-5-2-6-15-31)35-18-11-17-34(28-35)39-37-20-8-7-16-32(37)26-27-43-39;/h1-16,18-28H;/q-1;. The molecule has 8 aromatic rings. The molecule has 8 rings (SSSR count). The van der Waals surface area contributed by atoms with E-state index < -0.39 is 0 Å². The summed E-state index contributed by atoms with van der Waals surface area (Å²) in [6, 6.07) is 57.1. The van der Waals surface area contributed by atoms with Crippen molar-refractivity contribution in [1.82, 2.24) is 19.9 Å². The molecule has 5 heteroatoms. The van der Waals surface area contributed by atoms with E-state index in [1.807, 2.05) is 72.9 Å². The normalized spacial score (nSPS) is 10.8. The molecule has 0 aliphatic rings. The zero-order chi connectivity index (χ0) is 30.7. The summed E-state index contributed by atoms with van der Waals surface area (Å²) >= 11 is 0. The average molecular weight is 780 g/mol. The molecule has 0 aliphatic heterocycles. The first-order chi connectivity index (χ1) is 22.8. The van der Waals surface area contributed by atoms with Crippen LogP contribution in [-0.4, -0.2) is 19.9 Å². The summed E-state index contributed by atoms with van der Waals surface area (Å²) < 4.78 is 0. The molecule has 6 aromatic carbocycles. The smallest absolute Gasteiger partial charge is 0.164 e. The van der Waals surface area contributed by atoms with Crippen LogP contribution in [0.5, 0.6) is 0 Å². The van der Waals surface area contributed by atoms with E-state index in [9.17, 15) is 0 Å². The molecular weight excluding hydrogens is 753 g/mol. The van der Waals surface area contributed by atoms with Crippen molar-refractivity contribution in [2.45, 2.75) is 0 Å². The summed E-state index contributed by atoms with van der Waals surface area (Å²) in [7, 11) is 0. The molecule has 0 bridgehead atoms. The summed E-state index contributed by atoms with van der Waals surface area (Å²) in [6.45, 7) is 0. The topological polar surface area (TPSA) is 51.6 Å². The molecule has 225 valence electrons. The Hall–Kier alpha value is -5.61. The number of hydrogen-bond donors (Lipinski definition) is 0. The third-order valence-corrected chi connectivity index (χ3v) is 8.13. The van der Waals surface area contributed by atoms with Crippen molar-refractivity contribution in [2.75, 3.05) is 0 Å². The van der Waals surface area contributed by atoms with Gasteiger partial charge in [-0.3, -0.25) is 0 Å². The number of pyridine rings is 1. The molecule has 0 amide bonds. The van der Waals surface area contributed by atoms with Crippen LogP contribution in [0.25, 0.3) is 78.4 Å². The van der Waals surface area contributed by atoms with E-state index in [0.717, 1.165) is 61.0 Å². The maximum absolute atomic E-state index is 5.09. The van der Waals surface area contributed by atoms with E-state index in [1.165, 1.54) is 0 Å². The van der Waals surface area contributed by atoms with Crippen molar-refractivity contribution in [2.24, 2.45) is 0 Å². The average Bonchev–Trinajstić information content (AvgIpc) is 3.15. The summed E-state index contributed by atoms with van der Waals surface area (Å²) in [5.41, 5.74) is 8.96. The van der Waals surface area contributed by atoms with Crippen molar-refractivity contribution < 1.29 is 20.1 Å². The number of nitrogens with zero attached hydrogens (tertiary/aromatic N) is 4. The van der Waals surface area contributed by atoms with Gasteiger partial charge in [0.25, 0.3) is 0 Å². The maximum atomic E-state index is 5.09. The first-order valence-corrected chi connectivity index (χ1v) is 15.2. The first-order valence-electron chi connectivity index (χ1n) is 15.2. The molecule has 4 nitrogen and oxygen atoms in total. The van der Waals surface area contributed by atoms with Crippen molar-refractivity contribution in [3.8, 4) is 67.7 Å². The van der Waals surface area contributed by atoms with Crippen molar-refractivity contribution in [3.05, 3.63) is 170 Å². The molecule has 2 aromatic heterocycles. The van der Waals surface area contributed by atoms with Crippen molar-refractivity contribution in [1.29, 1.82) is 0 Å². The quantitative estimate of drug-likeness (QED) is 0.158. The van der Waals surface area contributed by atoms with Crippen molar-refractivity contribution >= 4 is 10.8 Å². The van der Waals surface area contributed by atoms with Gasteiger partial charge in [0.1, 0.15) is 5.82 Å². The van der Waals surface area contributed by atoms with Crippen LogP contribution in [0.2, 0.25) is 0 Å². The van der Waals surface area contributed by atoms with Crippen LogP contribution >= 0.6 is 0 Å². The van der Waals surface area contributed by atoms with Gasteiger partial charge in [-0.2, -0.15) is 0 Å². The van der Waals surface area contributed by atoms with E-state index >= 15 is 0 Å². The summed E-state index contributed by atoms with van der Waals surface area (Å²) in [4.78, 5) is 19.9. The Bertz CT molecular complexity index is 2300. The van der Waals surface area contributed by atoms with Gasteiger partial charge in [0.15, 0.2) is 11.6 Å². The number of benzene rings is 6. The third kappa shape index (κ3) is 6.15. The van der Waals surface area contributed by atoms with E-state index in [4.69, 9.17) is 19.9 Å². The van der Waals surface area contributed by atoms with Gasteiger partial charge in [0, 0.05) is 37.4 Å². The molecule has 1 radical (unpaired) electrons. The van der Waals surface area contributed by atoms with Crippen LogP contribution in [0.3, 0.4) is 0 Å². The Morgan fingerprint density at radius 2 is 1.00 bits per heavy atom. The second-order valence-electron chi connectivity index (χ2n) is 11.0. The zero-order valence-electron chi connectivity index (χ0n) is 25.2. The summed E-state index contributed by atoms with van der Waals surface area (Å²) in [5, 5.41) is 2.21. The largest absolute Gasteiger partial charge is 0.304 e. The number of hydrogen-bond acceptors (Lipinski definition) is 4. The van der Waals surface area contributed by atoms with Crippen molar-refractivity contribution in [3.63, 3.8) is 0 Å². The Kier molecular flexibility index (Phi) is 8.57. The van der Waals surface area contributed by atoms with Gasteiger partial charge in [-0.1, -0.05) is 139 Å². The molecule has 0 spiro atoms. The number of rotatable bonds is 6. The van der Waals surface area contributed by atoms with Crippen LogP contribution in [-0.2, 0) is 20.1 Å². The van der Waals surface area contributed by atoms with E-state index in [-0.39, 0.29) is 20.1 Å². The minimum atomic E-state index is 0. The van der Waals surface area contributed by atoms with Gasteiger partial charge in [0.2, 0.25) is 0 Å². The van der Waals surface area contributed by atoms with Crippen LogP contribution in [0.15, 0.2) is 164 Å².